The van der Waals surface area contributed by atoms with Gasteiger partial charge in [-0.3, -0.25) is 9.48 Å². The first-order valence-electron chi connectivity index (χ1n) is 4.91. The zero-order valence-corrected chi connectivity index (χ0v) is 10.4. The Balaban J connectivity index is 2.70. The summed E-state index contributed by atoms with van der Waals surface area (Å²) in [5.74, 6) is -0.470. The minimum atomic E-state index is -0.470. The number of rotatable bonds is 0. The Kier molecular flexibility index (Phi) is 2.09. The molecule has 4 nitrogen and oxygen atoms in total. The van der Waals surface area contributed by atoms with Crippen LogP contribution in [0, 0.1) is 5.82 Å². The quantitative estimate of drug-likeness (QED) is 0.692. The van der Waals surface area contributed by atoms with Crippen LogP contribution in [-0.4, -0.2) is 14.8 Å². The third kappa shape index (κ3) is 1.33. The molecule has 2 aromatic heterocycles. The number of hydrogen-bond donors (Lipinski definition) is 1. The summed E-state index contributed by atoms with van der Waals surface area (Å²) in [6, 6.07) is 3.37. The van der Waals surface area contributed by atoms with Crippen molar-refractivity contribution in [3.05, 3.63) is 39.0 Å². The molecule has 0 unspecified atom stereocenters. The molecule has 86 valence electrons. The van der Waals surface area contributed by atoms with Crippen molar-refractivity contribution in [2.75, 3.05) is 0 Å². The standard InChI is InChI=1S/C11H7BrFN3O/c1-16-10-5-2-3-7(12)8(13)9(5)15-11(17)6(10)4-14-16/h2-4H,1H3,(H,15,17). The number of pyridine rings is 1. The number of benzene rings is 1. The van der Waals surface area contributed by atoms with E-state index in [-0.39, 0.29) is 11.1 Å². The van der Waals surface area contributed by atoms with Gasteiger partial charge in [-0.15, -0.1) is 0 Å². The summed E-state index contributed by atoms with van der Waals surface area (Å²) in [6.07, 6.45) is 1.48. The average molecular weight is 296 g/mol. The maximum absolute atomic E-state index is 13.9. The molecule has 0 atom stereocenters. The van der Waals surface area contributed by atoms with E-state index in [2.05, 4.69) is 26.0 Å². The van der Waals surface area contributed by atoms with Crippen LogP contribution < -0.4 is 5.56 Å². The molecular weight excluding hydrogens is 289 g/mol. The molecule has 0 aliphatic rings. The zero-order chi connectivity index (χ0) is 12.2. The molecule has 0 amide bonds. The summed E-state index contributed by atoms with van der Waals surface area (Å²) in [7, 11) is 1.72. The van der Waals surface area contributed by atoms with Crippen molar-refractivity contribution >= 4 is 37.7 Å². The molecule has 3 aromatic rings. The topological polar surface area (TPSA) is 50.7 Å². The van der Waals surface area contributed by atoms with Crippen LogP contribution in [0.2, 0.25) is 0 Å². The Labute approximate surface area is 103 Å². The van der Waals surface area contributed by atoms with Gasteiger partial charge in [-0.05, 0) is 28.1 Å². The summed E-state index contributed by atoms with van der Waals surface area (Å²) >= 11 is 3.09. The largest absolute Gasteiger partial charge is 0.319 e. The molecule has 0 fully saturated rings. The Morgan fingerprint density at radius 1 is 1.41 bits per heavy atom. The summed E-state index contributed by atoms with van der Waals surface area (Å²) in [6.45, 7) is 0. The van der Waals surface area contributed by atoms with E-state index in [1.54, 1.807) is 23.9 Å². The van der Waals surface area contributed by atoms with E-state index >= 15 is 0 Å². The average Bonchev–Trinajstić information content (AvgIpc) is 2.68. The predicted molar refractivity (Wildman–Crippen MR) is 66.5 cm³/mol. The molecule has 0 aliphatic carbocycles. The van der Waals surface area contributed by atoms with E-state index < -0.39 is 5.82 Å². The lowest BCUT2D eigenvalue weighted by molar-refractivity contribution is 0.630. The molecule has 0 radical (unpaired) electrons. The highest BCUT2D eigenvalue weighted by atomic mass is 79.9. The number of nitrogens with one attached hydrogen (secondary N) is 1. The van der Waals surface area contributed by atoms with Crippen LogP contribution in [-0.2, 0) is 7.05 Å². The number of halogens is 2. The number of aromatic nitrogens is 3. The predicted octanol–water partition coefficient (Wildman–Crippen LogP) is 2.32. The van der Waals surface area contributed by atoms with E-state index in [1.807, 2.05) is 0 Å². The molecule has 0 saturated heterocycles. The molecule has 2 heterocycles. The van der Waals surface area contributed by atoms with E-state index in [4.69, 9.17) is 0 Å². The second-order valence-electron chi connectivity index (χ2n) is 3.77. The van der Waals surface area contributed by atoms with Gasteiger partial charge in [0.15, 0.2) is 5.82 Å². The molecule has 1 N–H and O–H groups in total. The van der Waals surface area contributed by atoms with Gasteiger partial charge in [0.1, 0.15) is 0 Å². The lowest BCUT2D eigenvalue weighted by Gasteiger charge is -2.04. The van der Waals surface area contributed by atoms with E-state index in [0.717, 1.165) is 0 Å². The number of hydrogen-bond acceptors (Lipinski definition) is 2. The molecule has 17 heavy (non-hydrogen) atoms. The van der Waals surface area contributed by atoms with Crippen LogP contribution in [0.5, 0.6) is 0 Å². The van der Waals surface area contributed by atoms with Gasteiger partial charge in [0.05, 0.1) is 27.1 Å². The van der Waals surface area contributed by atoms with Gasteiger partial charge in [-0.1, -0.05) is 0 Å². The van der Waals surface area contributed by atoms with Crippen molar-refractivity contribution in [2.45, 2.75) is 0 Å². The Morgan fingerprint density at radius 3 is 2.94 bits per heavy atom. The van der Waals surface area contributed by atoms with Gasteiger partial charge in [0.25, 0.3) is 5.56 Å². The van der Waals surface area contributed by atoms with Crippen LogP contribution in [0.3, 0.4) is 0 Å². The number of nitrogens with zero attached hydrogens (tertiary/aromatic N) is 2. The molecular formula is C11H7BrFN3O. The third-order valence-corrected chi connectivity index (χ3v) is 3.38. The fraction of sp³-hybridized carbons (Fsp3) is 0.0909. The normalized spacial score (nSPS) is 11.5. The zero-order valence-electron chi connectivity index (χ0n) is 8.79. The summed E-state index contributed by atoms with van der Waals surface area (Å²) in [5, 5.41) is 5.12. The van der Waals surface area contributed by atoms with E-state index in [9.17, 15) is 9.18 Å². The van der Waals surface area contributed by atoms with Crippen LogP contribution in [0.25, 0.3) is 21.8 Å². The Bertz CT molecular complexity index is 806. The Hall–Kier alpha value is -1.69. The lowest BCUT2D eigenvalue weighted by atomic mass is 10.1. The van der Waals surface area contributed by atoms with Gasteiger partial charge in [-0.25, -0.2) is 4.39 Å². The van der Waals surface area contributed by atoms with Crippen molar-refractivity contribution in [1.82, 2.24) is 14.8 Å². The van der Waals surface area contributed by atoms with Crippen molar-refractivity contribution in [3.63, 3.8) is 0 Å². The van der Waals surface area contributed by atoms with Crippen LogP contribution in [0.4, 0.5) is 4.39 Å². The van der Waals surface area contributed by atoms with Crippen molar-refractivity contribution in [3.8, 4) is 0 Å². The van der Waals surface area contributed by atoms with Crippen molar-refractivity contribution in [1.29, 1.82) is 0 Å². The maximum atomic E-state index is 13.9. The van der Waals surface area contributed by atoms with Crippen LogP contribution in [0.15, 0.2) is 27.6 Å². The number of fused-ring (bicyclic) bond motifs is 3. The van der Waals surface area contributed by atoms with Gasteiger partial charge >= 0.3 is 0 Å². The second-order valence-corrected chi connectivity index (χ2v) is 4.62. The van der Waals surface area contributed by atoms with Crippen LogP contribution >= 0.6 is 15.9 Å². The van der Waals surface area contributed by atoms with Gasteiger partial charge in [0.2, 0.25) is 0 Å². The monoisotopic (exact) mass is 295 g/mol. The SMILES string of the molecule is Cn1ncc2c(=O)[nH]c3c(F)c(Br)ccc3c21. The fourth-order valence-corrected chi connectivity index (χ4v) is 2.30. The number of aryl methyl sites for hydroxylation is 1. The smallest absolute Gasteiger partial charge is 0.259 e. The Morgan fingerprint density at radius 2 is 2.18 bits per heavy atom. The molecule has 1 aromatic carbocycles. The maximum Gasteiger partial charge on any atom is 0.259 e. The molecule has 0 aliphatic heterocycles. The molecule has 0 spiro atoms. The molecule has 0 bridgehead atoms. The van der Waals surface area contributed by atoms with Crippen molar-refractivity contribution < 1.29 is 4.39 Å². The van der Waals surface area contributed by atoms with E-state index in [0.29, 0.717) is 20.8 Å². The minimum absolute atomic E-state index is 0.195. The second kappa shape index (κ2) is 3.40. The van der Waals surface area contributed by atoms with Crippen LogP contribution in [0.1, 0.15) is 0 Å². The lowest BCUT2D eigenvalue weighted by Crippen LogP contribution is -2.07. The summed E-state index contributed by atoms with van der Waals surface area (Å²) in [5.41, 5.74) is 0.494. The summed E-state index contributed by atoms with van der Waals surface area (Å²) in [4.78, 5) is 14.3. The highest BCUT2D eigenvalue weighted by Crippen LogP contribution is 2.26. The van der Waals surface area contributed by atoms with Gasteiger partial charge < -0.3 is 4.98 Å². The highest BCUT2D eigenvalue weighted by molar-refractivity contribution is 9.10. The highest BCUT2D eigenvalue weighted by Gasteiger charge is 2.13. The minimum Gasteiger partial charge on any atom is -0.319 e. The molecule has 0 saturated carbocycles. The number of aromatic amines is 1. The first kappa shape index (κ1) is 10.5. The third-order valence-electron chi connectivity index (χ3n) is 2.77. The van der Waals surface area contributed by atoms with Crippen molar-refractivity contribution in [2.24, 2.45) is 7.05 Å². The fourth-order valence-electron chi connectivity index (χ4n) is 1.97. The van der Waals surface area contributed by atoms with Gasteiger partial charge in [-0.2, -0.15) is 5.10 Å². The van der Waals surface area contributed by atoms with Gasteiger partial charge in [0, 0.05) is 12.4 Å². The molecule has 3 rings (SSSR count). The van der Waals surface area contributed by atoms with E-state index in [1.165, 1.54) is 6.20 Å². The number of H-pyrrole nitrogens is 1. The first-order chi connectivity index (χ1) is 8.09. The first-order valence-corrected chi connectivity index (χ1v) is 5.70. The summed E-state index contributed by atoms with van der Waals surface area (Å²) < 4.78 is 15.8. The molecule has 6 heteroatoms.